The van der Waals surface area contributed by atoms with Crippen LogP contribution in [0.4, 0.5) is 0 Å². The first-order chi connectivity index (χ1) is 8.08. The maximum atomic E-state index is 11.7. The van der Waals surface area contributed by atoms with Crippen molar-refractivity contribution in [2.75, 3.05) is 13.7 Å². The molecule has 0 aromatic heterocycles. The Bertz CT molecular complexity index is 384. The molecule has 0 radical (unpaired) electrons. The molecule has 1 rings (SSSR count). The minimum Gasteiger partial charge on any atom is -0.468 e. The lowest BCUT2D eigenvalue weighted by molar-refractivity contribution is -0.140. The van der Waals surface area contributed by atoms with Gasteiger partial charge in [0.05, 0.1) is 13.7 Å². The van der Waals surface area contributed by atoms with E-state index in [2.05, 4.69) is 15.9 Å². The molecular weight excluding hydrogens is 304 g/mol. The van der Waals surface area contributed by atoms with Crippen molar-refractivity contribution in [3.8, 4) is 0 Å². The van der Waals surface area contributed by atoms with Gasteiger partial charge in [0.2, 0.25) is 0 Å². The molecule has 0 aliphatic carbocycles. The second-order valence-electron chi connectivity index (χ2n) is 3.59. The number of aliphatic hydroxyl groups excluding tert-OH is 1. The normalized spacial score (nSPS) is 14.1. The molecule has 1 N–H and O–H groups in total. The summed E-state index contributed by atoms with van der Waals surface area (Å²) in [5.41, 5.74) is 0.872. The van der Waals surface area contributed by atoms with Crippen LogP contribution in [-0.2, 0) is 9.53 Å². The lowest BCUT2D eigenvalue weighted by Crippen LogP contribution is -2.15. The van der Waals surface area contributed by atoms with E-state index in [0.29, 0.717) is 0 Å². The summed E-state index contributed by atoms with van der Waals surface area (Å²) >= 11 is 4.77. The Hall–Kier alpha value is -0.520. The van der Waals surface area contributed by atoms with Crippen molar-refractivity contribution >= 4 is 33.7 Å². The fourth-order valence-corrected chi connectivity index (χ4v) is 2.80. The maximum Gasteiger partial charge on any atom is 0.323 e. The van der Waals surface area contributed by atoms with Crippen LogP contribution in [-0.4, -0.2) is 30.0 Å². The molecule has 1 aromatic carbocycles. The van der Waals surface area contributed by atoms with Crippen LogP contribution in [0.5, 0.6) is 0 Å². The zero-order valence-electron chi connectivity index (χ0n) is 9.72. The van der Waals surface area contributed by atoms with Gasteiger partial charge in [-0.1, -0.05) is 35.0 Å². The maximum absolute atomic E-state index is 11.7. The number of ether oxygens (including phenoxy) is 1. The molecule has 1 aromatic rings. The van der Waals surface area contributed by atoms with E-state index in [4.69, 9.17) is 9.84 Å². The quantitative estimate of drug-likeness (QED) is 0.848. The Labute approximate surface area is 114 Å². The predicted octanol–water partition coefficient (Wildman–Crippen LogP) is 2.78. The molecule has 5 heteroatoms. The van der Waals surface area contributed by atoms with Gasteiger partial charge < -0.3 is 9.84 Å². The van der Waals surface area contributed by atoms with Gasteiger partial charge in [0.1, 0.15) is 5.25 Å². The van der Waals surface area contributed by atoms with Gasteiger partial charge >= 0.3 is 5.97 Å². The molecule has 0 saturated carbocycles. The van der Waals surface area contributed by atoms with Gasteiger partial charge in [-0.05, 0) is 17.7 Å². The summed E-state index contributed by atoms with van der Waals surface area (Å²) in [6.07, 6.45) is 0. The van der Waals surface area contributed by atoms with Crippen LogP contribution in [0.3, 0.4) is 0 Å². The Kier molecular flexibility index (Phi) is 6.02. The van der Waals surface area contributed by atoms with Gasteiger partial charge in [-0.15, -0.1) is 11.8 Å². The molecule has 0 saturated heterocycles. The molecule has 0 aliphatic heterocycles. The highest BCUT2D eigenvalue weighted by Crippen LogP contribution is 2.34. The first-order valence-corrected chi connectivity index (χ1v) is 6.91. The molecule has 0 fully saturated rings. The van der Waals surface area contributed by atoms with Crippen molar-refractivity contribution in [1.29, 1.82) is 0 Å². The Morgan fingerprint density at radius 2 is 2.29 bits per heavy atom. The average Bonchev–Trinajstić information content (AvgIpc) is 2.34. The van der Waals surface area contributed by atoms with Crippen molar-refractivity contribution in [3.63, 3.8) is 0 Å². The number of methoxy groups -OCH3 is 1. The fourth-order valence-electron chi connectivity index (χ4n) is 1.32. The van der Waals surface area contributed by atoms with Crippen LogP contribution < -0.4 is 0 Å². The Morgan fingerprint density at radius 1 is 1.59 bits per heavy atom. The zero-order valence-corrected chi connectivity index (χ0v) is 12.1. The number of aliphatic hydroxyl groups is 1. The number of hydrogen-bond donors (Lipinski definition) is 1. The number of hydrogen-bond acceptors (Lipinski definition) is 4. The molecule has 2 atom stereocenters. The number of esters is 1. The highest BCUT2D eigenvalue weighted by molar-refractivity contribution is 9.10. The number of carbonyl (C=O) groups is 1. The fraction of sp³-hybridized carbons (Fsp3) is 0.417. The second kappa shape index (κ2) is 7.03. The Morgan fingerprint density at radius 3 is 2.82 bits per heavy atom. The zero-order chi connectivity index (χ0) is 12.8. The van der Waals surface area contributed by atoms with Crippen LogP contribution >= 0.6 is 27.7 Å². The second-order valence-corrected chi connectivity index (χ2v) is 6.05. The summed E-state index contributed by atoms with van der Waals surface area (Å²) in [4.78, 5) is 11.7. The summed E-state index contributed by atoms with van der Waals surface area (Å²) in [6, 6.07) is 7.54. The lowest BCUT2D eigenvalue weighted by atomic mass is 10.1. The average molecular weight is 319 g/mol. The molecule has 0 heterocycles. The third-order valence-electron chi connectivity index (χ3n) is 2.19. The van der Waals surface area contributed by atoms with Gasteiger partial charge in [-0.25, -0.2) is 0 Å². The molecule has 0 bridgehead atoms. The topological polar surface area (TPSA) is 46.5 Å². The van der Waals surface area contributed by atoms with Crippen LogP contribution in [0.2, 0.25) is 0 Å². The standard InChI is InChI=1S/C12H15BrO3S/c1-8(7-14)17-11(12(15)16-2)9-4-3-5-10(13)6-9/h3-6,8,11,14H,7H2,1-2H3/t8-,11+/m0/s1. The highest BCUT2D eigenvalue weighted by Gasteiger charge is 2.24. The predicted molar refractivity (Wildman–Crippen MR) is 73.0 cm³/mol. The molecule has 0 aliphatic rings. The van der Waals surface area contributed by atoms with Crippen molar-refractivity contribution in [1.82, 2.24) is 0 Å². The van der Waals surface area contributed by atoms with Gasteiger partial charge in [-0.2, -0.15) is 0 Å². The first kappa shape index (κ1) is 14.5. The summed E-state index contributed by atoms with van der Waals surface area (Å²) in [5.74, 6) is -0.298. The van der Waals surface area contributed by atoms with Gasteiger partial charge in [-0.3, -0.25) is 4.79 Å². The number of halogens is 1. The van der Waals surface area contributed by atoms with E-state index < -0.39 is 5.25 Å². The van der Waals surface area contributed by atoms with E-state index in [1.54, 1.807) is 0 Å². The molecular formula is C12H15BrO3S. The number of rotatable bonds is 5. The SMILES string of the molecule is COC(=O)[C@H](S[C@@H](C)CO)c1cccc(Br)c1. The largest absolute Gasteiger partial charge is 0.468 e. The van der Waals surface area contributed by atoms with E-state index in [1.165, 1.54) is 18.9 Å². The van der Waals surface area contributed by atoms with Crippen molar-refractivity contribution in [3.05, 3.63) is 34.3 Å². The number of thioether (sulfide) groups is 1. The third kappa shape index (κ3) is 4.33. The summed E-state index contributed by atoms with van der Waals surface area (Å²) in [6.45, 7) is 1.91. The first-order valence-electron chi connectivity index (χ1n) is 5.18. The molecule has 0 spiro atoms. The van der Waals surface area contributed by atoms with E-state index in [-0.39, 0.29) is 17.8 Å². The number of benzene rings is 1. The van der Waals surface area contributed by atoms with Crippen LogP contribution in [0.25, 0.3) is 0 Å². The minimum absolute atomic E-state index is 0.0157. The summed E-state index contributed by atoms with van der Waals surface area (Å²) in [5, 5.41) is 8.64. The summed E-state index contributed by atoms with van der Waals surface area (Å²) in [7, 11) is 1.37. The molecule has 94 valence electrons. The number of carbonyl (C=O) groups excluding carboxylic acids is 1. The molecule has 17 heavy (non-hydrogen) atoms. The monoisotopic (exact) mass is 318 g/mol. The van der Waals surface area contributed by atoms with Gasteiger partial charge in [0, 0.05) is 9.72 Å². The van der Waals surface area contributed by atoms with E-state index in [0.717, 1.165) is 10.0 Å². The van der Waals surface area contributed by atoms with Crippen molar-refractivity contribution in [2.45, 2.75) is 17.4 Å². The smallest absolute Gasteiger partial charge is 0.323 e. The highest BCUT2D eigenvalue weighted by atomic mass is 79.9. The van der Waals surface area contributed by atoms with Crippen molar-refractivity contribution in [2.24, 2.45) is 0 Å². The summed E-state index contributed by atoms with van der Waals surface area (Å²) < 4.78 is 5.71. The van der Waals surface area contributed by atoms with E-state index in [1.807, 2.05) is 31.2 Å². The molecule has 3 nitrogen and oxygen atoms in total. The van der Waals surface area contributed by atoms with Gasteiger partial charge in [0.15, 0.2) is 0 Å². The van der Waals surface area contributed by atoms with E-state index in [9.17, 15) is 4.79 Å². The minimum atomic E-state index is -0.403. The van der Waals surface area contributed by atoms with Crippen LogP contribution in [0.15, 0.2) is 28.7 Å². The molecule has 0 unspecified atom stereocenters. The molecule has 0 amide bonds. The van der Waals surface area contributed by atoms with Crippen molar-refractivity contribution < 1.29 is 14.6 Å². The third-order valence-corrected chi connectivity index (χ3v) is 4.04. The van der Waals surface area contributed by atoms with Crippen LogP contribution in [0, 0.1) is 0 Å². The lowest BCUT2D eigenvalue weighted by Gasteiger charge is -2.18. The Balaban J connectivity index is 2.93. The van der Waals surface area contributed by atoms with Crippen LogP contribution in [0.1, 0.15) is 17.7 Å². The van der Waals surface area contributed by atoms with E-state index >= 15 is 0 Å². The van der Waals surface area contributed by atoms with Gasteiger partial charge in [0.25, 0.3) is 0 Å².